The van der Waals surface area contributed by atoms with E-state index in [9.17, 15) is 10.5 Å². The van der Waals surface area contributed by atoms with Gasteiger partial charge < -0.3 is 4.90 Å². The maximum atomic E-state index is 9.78. The van der Waals surface area contributed by atoms with E-state index < -0.39 is 5.54 Å². The van der Waals surface area contributed by atoms with Crippen LogP contribution in [0.15, 0.2) is 30.3 Å². The van der Waals surface area contributed by atoms with Crippen molar-refractivity contribution in [2.24, 2.45) is 0 Å². The number of rotatable bonds is 3. The lowest BCUT2D eigenvalue weighted by Gasteiger charge is -2.32. The van der Waals surface area contributed by atoms with E-state index in [2.05, 4.69) is 41.7 Å². The fourth-order valence-electron chi connectivity index (χ4n) is 4.97. The molecule has 2 aliphatic rings. The highest BCUT2D eigenvalue weighted by Gasteiger charge is 2.34. The Morgan fingerprint density at radius 2 is 1.83 bits per heavy atom. The molecule has 35 heavy (non-hydrogen) atoms. The van der Waals surface area contributed by atoms with E-state index in [0.29, 0.717) is 23.7 Å². The van der Waals surface area contributed by atoms with Crippen LogP contribution in [0, 0.1) is 29.6 Å². The quantitative estimate of drug-likeness (QED) is 0.537. The molecule has 0 spiro atoms. The summed E-state index contributed by atoms with van der Waals surface area (Å²) in [7, 11) is 0. The Morgan fingerprint density at radius 3 is 2.51 bits per heavy atom. The number of piperidine rings is 1. The molecule has 0 aliphatic carbocycles. The second kappa shape index (κ2) is 8.96. The van der Waals surface area contributed by atoms with Crippen molar-refractivity contribution in [3.8, 4) is 17.8 Å². The van der Waals surface area contributed by atoms with Gasteiger partial charge >= 0.3 is 0 Å². The number of hydrogen-bond donors (Lipinski definition) is 0. The molecule has 0 bridgehead atoms. The van der Waals surface area contributed by atoms with E-state index >= 15 is 0 Å². The first kappa shape index (κ1) is 23.3. The molecule has 1 saturated heterocycles. The Bertz CT molecular complexity index is 1350. The van der Waals surface area contributed by atoms with Gasteiger partial charge in [0.2, 0.25) is 0 Å². The summed E-state index contributed by atoms with van der Waals surface area (Å²) in [5.74, 6) is 2.97. The van der Waals surface area contributed by atoms with Gasteiger partial charge in [-0.15, -0.1) is 10.2 Å². The number of nitriles is 2. The number of aryl methyl sites for hydroxylation is 1. The molecule has 9 heteroatoms. The van der Waals surface area contributed by atoms with E-state index in [0.717, 1.165) is 60.3 Å². The Kier molecular flexibility index (Phi) is 5.96. The Balaban J connectivity index is 1.45. The van der Waals surface area contributed by atoms with Crippen molar-refractivity contribution in [3.05, 3.63) is 63.8 Å². The molecule has 8 nitrogen and oxygen atoms in total. The normalized spacial score (nSPS) is 16.7. The first-order valence-electron chi connectivity index (χ1n) is 11.8. The predicted octanol–water partition coefficient (Wildman–Crippen LogP) is 4.50. The third-order valence-corrected chi connectivity index (χ3v) is 7.41. The highest BCUT2D eigenvalue weighted by atomic mass is 35.5. The van der Waals surface area contributed by atoms with Crippen LogP contribution < -0.4 is 4.90 Å². The van der Waals surface area contributed by atoms with Crippen LogP contribution in [0.1, 0.15) is 61.1 Å². The molecule has 0 amide bonds. The third-order valence-electron chi connectivity index (χ3n) is 7.17. The smallest absolute Gasteiger partial charge is 0.151 e. The van der Waals surface area contributed by atoms with E-state index in [1.807, 2.05) is 51.1 Å². The number of pyridine rings is 1. The molecule has 5 rings (SSSR count). The third kappa shape index (κ3) is 4.25. The molecular formula is C26H27ClN8. The lowest BCUT2D eigenvalue weighted by Crippen LogP contribution is -2.41. The molecule has 1 fully saturated rings. The Labute approximate surface area is 210 Å². The lowest BCUT2D eigenvalue weighted by atomic mass is 9.95. The summed E-state index contributed by atoms with van der Waals surface area (Å²) in [5, 5.41) is 28.9. The van der Waals surface area contributed by atoms with Gasteiger partial charge in [-0.3, -0.25) is 9.47 Å². The Morgan fingerprint density at radius 1 is 1.06 bits per heavy atom. The number of hydrogen-bond acceptors (Lipinski definition) is 7. The van der Waals surface area contributed by atoms with Gasteiger partial charge in [0.25, 0.3) is 0 Å². The molecule has 0 N–H and O–H groups in total. The highest BCUT2D eigenvalue weighted by molar-refractivity contribution is 6.30. The molecule has 2 aromatic heterocycles. The van der Waals surface area contributed by atoms with Crippen LogP contribution in [-0.2, 0) is 13.1 Å². The number of anilines is 1. The fourth-order valence-corrected chi connectivity index (χ4v) is 5.16. The number of nitrogens with zero attached hydrogens (tertiary/aromatic N) is 8. The average molecular weight is 487 g/mol. The van der Waals surface area contributed by atoms with Crippen molar-refractivity contribution in [1.29, 1.82) is 10.5 Å². The van der Waals surface area contributed by atoms with E-state index in [4.69, 9.17) is 11.6 Å². The van der Waals surface area contributed by atoms with E-state index in [1.165, 1.54) is 0 Å². The lowest BCUT2D eigenvalue weighted by molar-refractivity contribution is 0.147. The van der Waals surface area contributed by atoms with Gasteiger partial charge in [-0.05, 0) is 69.5 Å². The van der Waals surface area contributed by atoms with Gasteiger partial charge in [0.15, 0.2) is 5.82 Å². The van der Waals surface area contributed by atoms with Crippen molar-refractivity contribution >= 4 is 17.4 Å². The highest BCUT2D eigenvalue weighted by Crippen LogP contribution is 2.35. The molecule has 3 aromatic rings. The van der Waals surface area contributed by atoms with E-state index in [1.54, 1.807) is 0 Å². The number of fused-ring (bicyclic) bond motifs is 3. The molecular weight excluding hydrogens is 460 g/mol. The van der Waals surface area contributed by atoms with Crippen molar-refractivity contribution in [2.45, 2.75) is 58.2 Å². The minimum absolute atomic E-state index is 0.256. The molecule has 0 saturated carbocycles. The summed E-state index contributed by atoms with van der Waals surface area (Å²) in [6, 6.07) is 14.3. The molecule has 0 atom stereocenters. The van der Waals surface area contributed by atoms with E-state index in [-0.39, 0.29) is 5.92 Å². The summed E-state index contributed by atoms with van der Waals surface area (Å²) in [4.78, 5) is 9.04. The SMILES string of the molecule is Cc1nc(N2CCC(c3nnc4n3-c3ccc(Cl)cc3CN(C(C)(C)C#N)C4)CC2)ccc1C#N. The van der Waals surface area contributed by atoms with Crippen LogP contribution in [0.25, 0.3) is 5.69 Å². The number of halogens is 1. The molecule has 178 valence electrons. The monoisotopic (exact) mass is 486 g/mol. The van der Waals surface area contributed by atoms with Crippen LogP contribution in [0.2, 0.25) is 5.02 Å². The second-order valence-electron chi connectivity index (χ2n) is 9.79. The van der Waals surface area contributed by atoms with Gasteiger partial charge in [0.1, 0.15) is 23.3 Å². The minimum Gasteiger partial charge on any atom is -0.357 e. The first-order valence-corrected chi connectivity index (χ1v) is 12.2. The average Bonchev–Trinajstić information content (AvgIpc) is 3.19. The van der Waals surface area contributed by atoms with Gasteiger partial charge in [-0.1, -0.05) is 11.6 Å². The van der Waals surface area contributed by atoms with Gasteiger partial charge in [0.05, 0.1) is 29.6 Å². The van der Waals surface area contributed by atoms with Crippen LogP contribution in [-0.4, -0.2) is 43.3 Å². The summed E-state index contributed by atoms with van der Waals surface area (Å²) < 4.78 is 2.18. The topological polar surface area (TPSA) is 97.7 Å². The van der Waals surface area contributed by atoms with Crippen molar-refractivity contribution in [3.63, 3.8) is 0 Å². The first-order chi connectivity index (χ1) is 16.8. The second-order valence-corrected chi connectivity index (χ2v) is 10.2. The number of aromatic nitrogens is 4. The maximum absolute atomic E-state index is 9.78. The zero-order valence-corrected chi connectivity index (χ0v) is 20.9. The summed E-state index contributed by atoms with van der Waals surface area (Å²) in [6.45, 7) is 8.59. The van der Waals surface area contributed by atoms with Crippen LogP contribution in [0.5, 0.6) is 0 Å². The zero-order valence-electron chi connectivity index (χ0n) is 20.2. The molecule has 2 aliphatic heterocycles. The predicted molar refractivity (Wildman–Crippen MR) is 133 cm³/mol. The standard InChI is InChI=1S/C26H27ClN8/c1-17-19(13-28)4-7-23(30-17)33-10-8-18(9-11-33)25-32-31-24-15-34(26(2,3)16-29)14-20-12-21(27)5-6-22(20)35(24)25/h4-7,12,18H,8-11,14-15H2,1-3H3. The van der Waals surface area contributed by atoms with Crippen molar-refractivity contribution < 1.29 is 0 Å². The largest absolute Gasteiger partial charge is 0.357 e. The van der Waals surface area contributed by atoms with Crippen molar-refractivity contribution in [1.82, 2.24) is 24.6 Å². The van der Waals surface area contributed by atoms with Gasteiger partial charge in [-0.2, -0.15) is 10.5 Å². The van der Waals surface area contributed by atoms with Crippen LogP contribution in [0.4, 0.5) is 5.82 Å². The molecule has 0 unspecified atom stereocenters. The number of benzene rings is 1. The van der Waals surface area contributed by atoms with Crippen LogP contribution >= 0.6 is 11.6 Å². The summed E-state index contributed by atoms with van der Waals surface area (Å²) >= 11 is 6.37. The van der Waals surface area contributed by atoms with Crippen molar-refractivity contribution in [2.75, 3.05) is 18.0 Å². The Hall–Kier alpha value is -3.46. The van der Waals surface area contributed by atoms with Crippen LogP contribution in [0.3, 0.4) is 0 Å². The molecule has 4 heterocycles. The fraction of sp³-hybridized carbons (Fsp3) is 0.423. The summed E-state index contributed by atoms with van der Waals surface area (Å²) in [6.07, 6.45) is 1.85. The minimum atomic E-state index is -0.654. The van der Waals surface area contributed by atoms with Gasteiger partial charge in [-0.25, -0.2) is 4.98 Å². The summed E-state index contributed by atoms with van der Waals surface area (Å²) in [5.41, 5.74) is 2.82. The van der Waals surface area contributed by atoms with Gasteiger partial charge in [0, 0.05) is 30.6 Å². The molecule has 1 aromatic carbocycles. The maximum Gasteiger partial charge on any atom is 0.151 e. The molecule has 0 radical (unpaired) electrons. The zero-order chi connectivity index (χ0) is 24.7.